The predicted octanol–water partition coefficient (Wildman–Crippen LogP) is 4.07. The number of aromatic nitrogens is 1. The van der Waals surface area contributed by atoms with Crippen molar-refractivity contribution in [1.82, 2.24) is 4.98 Å². The highest BCUT2D eigenvalue weighted by molar-refractivity contribution is 5.26. The molecule has 1 aromatic rings. The lowest BCUT2D eigenvalue weighted by Gasteiger charge is -2.11. The number of nitrogens with zero attached hydrogens (tertiary/aromatic N) is 1. The number of aryl methyl sites for hydroxylation is 1. The van der Waals surface area contributed by atoms with Gasteiger partial charge in [0.1, 0.15) is 0 Å². The van der Waals surface area contributed by atoms with Crippen molar-refractivity contribution < 1.29 is 0 Å². The van der Waals surface area contributed by atoms with Gasteiger partial charge in [-0.1, -0.05) is 26.7 Å². The van der Waals surface area contributed by atoms with Crippen LogP contribution in [0.4, 0.5) is 0 Å². The van der Waals surface area contributed by atoms with Crippen LogP contribution in [0.2, 0.25) is 0 Å². The molecule has 0 radical (unpaired) electrons. The molecule has 0 saturated heterocycles. The summed E-state index contributed by atoms with van der Waals surface area (Å²) in [6, 6.07) is 2.12. The van der Waals surface area contributed by atoms with Crippen LogP contribution in [-0.4, -0.2) is 4.98 Å². The Balaban J connectivity index is 0.000000461. The van der Waals surface area contributed by atoms with E-state index in [2.05, 4.69) is 18.0 Å². The number of pyridine rings is 1. The van der Waals surface area contributed by atoms with Crippen molar-refractivity contribution in [3.05, 3.63) is 29.6 Å². The van der Waals surface area contributed by atoms with Gasteiger partial charge in [-0.15, -0.1) is 0 Å². The van der Waals surface area contributed by atoms with Gasteiger partial charge in [0.25, 0.3) is 0 Å². The maximum atomic E-state index is 4.19. The first-order valence-corrected chi connectivity index (χ1v) is 5.78. The molecule has 0 spiro atoms. The highest BCUT2D eigenvalue weighted by atomic mass is 14.6. The Morgan fingerprint density at radius 2 is 1.86 bits per heavy atom. The minimum absolute atomic E-state index is 0.804. The van der Waals surface area contributed by atoms with Gasteiger partial charge in [0.15, 0.2) is 0 Å². The third-order valence-electron chi connectivity index (χ3n) is 2.87. The van der Waals surface area contributed by atoms with E-state index in [0.29, 0.717) is 0 Å². The fourth-order valence-electron chi connectivity index (χ4n) is 2.14. The Kier molecular flexibility index (Phi) is 4.64. The van der Waals surface area contributed by atoms with Crippen LogP contribution in [0.15, 0.2) is 18.5 Å². The second-order valence-corrected chi connectivity index (χ2v) is 3.71. The van der Waals surface area contributed by atoms with Gasteiger partial charge in [0.05, 0.1) is 0 Å². The molecule has 1 heteroatoms. The summed E-state index contributed by atoms with van der Waals surface area (Å²) in [5.74, 6) is 0.804. The van der Waals surface area contributed by atoms with E-state index in [1.165, 1.54) is 36.8 Å². The third kappa shape index (κ3) is 2.57. The second-order valence-electron chi connectivity index (χ2n) is 3.71. The molecule has 1 aromatic heterocycles. The van der Waals surface area contributed by atoms with Crippen LogP contribution >= 0.6 is 0 Å². The van der Waals surface area contributed by atoms with Gasteiger partial charge in [-0.05, 0) is 42.9 Å². The molecular formula is C13H21N. The van der Waals surface area contributed by atoms with Gasteiger partial charge in [0, 0.05) is 12.4 Å². The molecule has 2 rings (SSSR count). The zero-order chi connectivity index (χ0) is 10.4. The number of hydrogen-bond acceptors (Lipinski definition) is 1. The Bertz CT molecular complexity index is 262. The van der Waals surface area contributed by atoms with Crippen molar-refractivity contribution in [2.45, 2.75) is 52.4 Å². The van der Waals surface area contributed by atoms with Crippen LogP contribution in [0.1, 0.15) is 56.6 Å². The molecule has 0 aliphatic heterocycles. The van der Waals surface area contributed by atoms with Crippen molar-refractivity contribution in [2.24, 2.45) is 0 Å². The number of hydrogen-bond donors (Lipinski definition) is 0. The van der Waals surface area contributed by atoms with E-state index in [-0.39, 0.29) is 0 Å². The lowest BCUT2D eigenvalue weighted by molar-refractivity contribution is 0.713. The summed E-state index contributed by atoms with van der Waals surface area (Å²) in [6.07, 6.45) is 9.47. The minimum atomic E-state index is 0.804. The first kappa shape index (κ1) is 11.2. The third-order valence-corrected chi connectivity index (χ3v) is 2.87. The van der Waals surface area contributed by atoms with Gasteiger partial charge in [-0.3, -0.25) is 4.98 Å². The predicted molar refractivity (Wildman–Crippen MR) is 61.5 cm³/mol. The fourth-order valence-corrected chi connectivity index (χ4v) is 2.14. The highest BCUT2D eigenvalue weighted by Crippen LogP contribution is 2.34. The van der Waals surface area contributed by atoms with Crippen LogP contribution in [0, 0.1) is 6.92 Å². The summed E-state index contributed by atoms with van der Waals surface area (Å²) < 4.78 is 0. The molecular weight excluding hydrogens is 170 g/mol. The van der Waals surface area contributed by atoms with Gasteiger partial charge < -0.3 is 0 Å². The fraction of sp³-hybridized carbons (Fsp3) is 0.615. The monoisotopic (exact) mass is 191 g/mol. The summed E-state index contributed by atoms with van der Waals surface area (Å²) in [5, 5.41) is 0. The zero-order valence-electron chi connectivity index (χ0n) is 9.59. The van der Waals surface area contributed by atoms with Crippen molar-refractivity contribution in [3.8, 4) is 0 Å². The second kappa shape index (κ2) is 5.79. The molecule has 14 heavy (non-hydrogen) atoms. The normalized spacial score (nSPS) is 16.2. The quantitative estimate of drug-likeness (QED) is 0.652. The molecule has 1 heterocycles. The lowest BCUT2D eigenvalue weighted by Crippen LogP contribution is -1.95. The molecule has 0 N–H and O–H groups in total. The van der Waals surface area contributed by atoms with Crippen LogP contribution in [0.25, 0.3) is 0 Å². The summed E-state index contributed by atoms with van der Waals surface area (Å²) in [4.78, 5) is 4.19. The smallest absolute Gasteiger partial charge is 0.0305 e. The molecule has 0 atom stereocenters. The van der Waals surface area contributed by atoms with E-state index in [9.17, 15) is 0 Å². The molecule has 1 nitrogen and oxygen atoms in total. The van der Waals surface area contributed by atoms with E-state index in [1.807, 2.05) is 26.2 Å². The molecule has 1 fully saturated rings. The highest BCUT2D eigenvalue weighted by Gasteiger charge is 2.18. The average molecular weight is 191 g/mol. The van der Waals surface area contributed by atoms with Crippen LogP contribution in [0.3, 0.4) is 0 Å². The topological polar surface area (TPSA) is 12.9 Å². The maximum absolute atomic E-state index is 4.19. The Morgan fingerprint density at radius 3 is 2.43 bits per heavy atom. The maximum Gasteiger partial charge on any atom is 0.0305 e. The Hall–Kier alpha value is -0.850. The Morgan fingerprint density at radius 1 is 1.21 bits per heavy atom. The molecule has 1 aliphatic carbocycles. The molecule has 0 aromatic carbocycles. The molecule has 1 aliphatic rings. The first-order chi connectivity index (χ1) is 6.88. The summed E-state index contributed by atoms with van der Waals surface area (Å²) in [7, 11) is 0. The van der Waals surface area contributed by atoms with E-state index >= 15 is 0 Å². The minimum Gasteiger partial charge on any atom is -0.264 e. The largest absolute Gasteiger partial charge is 0.264 e. The van der Waals surface area contributed by atoms with Crippen molar-refractivity contribution >= 4 is 0 Å². The molecule has 78 valence electrons. The van der Waals surface area contributed by atoms with Gasteiger partial charge >= 0.3 is 0 Å². The SMILES string of the molecule is CC.Cc1ccncc1C1CCCC1. The standard InChI is InChI=1S/C11H15N.C2H6/c1-9-6-7-12-8-11(9)10-4-2-3-5-10;1-2/h6-8,10H,2-5H2,1H3;1-2H3. The van der Waals surface area contributed by atoms with E-state index in [1.54, 1.807) is 0 Å². The van der Waals surface area contributed by atoms with Gasteiger partial charge in [-0.25, -0.2) is 0 Å². The summed E-state index contributed by atoms with van der Waals surface area (Å²) in [5.41, 5.74) is 2.90. The van der Waals surface area contributed by atoms with Crippen LogP contribution < -0.4 is 0 Å². The average Bonchev–Trinajstić information content (AvgIpc) is 2.75. The van der Waals surface area contributed by atoms with E-state index in [4.69, 9.17) is 0 Å². The van der Waals surface area contributed by atoms with Gasteiger partial charge in [-0.2, -0.15) is 0 Å². The van der Waals surface area contributed by atoms with Gasteiger partial charge in [0.2, 0.25) is 0 Å². The molecule has 1 saturated carbocycles. The lowest BCUT2D eigenvalue weighted by atomic mass is 9.96. The molecule has 0 bridgehead atoms. The van der Waals surface area contributed by atoms with E-state index in [0.717, 1.165) is 5.92 Å². The molecule has 0 unspecified atom stereocenters. The Labute approximate surface area is 87.6 Å². The summed E-state index contributed by atoms with van der Waals surface area (Å²) >= 11 is 0. The molecule has 0 amide bonds. The summed E-state index contributed by atoms with van der Waals surface area (Å²) in [6.45, 7) is 6.19. The van der Waals surface area contributed by atoms with Crippen LogP contribution in [0.5, 0.6) is 0 Å². The van der Waals surface area contributed by atoms with Crippen molar-refractivity contribution in [3.63, 3.8) is 0 Å². The first-order valence-electron chi connectivity index (χ1n) is 5.78. The van der Waals surface area contributed by atoms with Crippen molar-refractivity contribution in [1.29, 1.82) is 0 Å². The van der Waals surface area contributed by atoms with Crippen molar-refractivity contribution in [2.75, 3.05) is 0 Å². The zero-order valence-corrected chi connectivity index (χ0v) is 9.59. The van der Waals surface area contributed by atoms with Crippen LogP contribution in [-0.2, 0) is 0 Å². The number of rotatable bonds is 1. The van der Waals surface area contributed by atoms with E-state index < -0.39 is 0 Å².